The van der Waals surface area contributed by atoms with Gasteiger partial charge in [-0.15, -0.1) is 0 Å². The molecule has 0 amide bonds. The zero-order valence-corrected chi connectivity index (χ0v) is 17.8. The van der Waals surface area contributed by atoms with Crippen molar-refractivity contribution in [3.05, 3.63) is 45.5 Å². The standard InChI is InChI=1S/C21H28N2O6/c1-7-28-21(26)19-13(3)18(14(4)22-19)20(25)29-11-17(24)16-10-12(2)23(15(16)5)8-9-27-6/h10,22H,7-9,11H2,1-6H3. The molecule has 0 bridgehead atoms. The molecule has 0 fully saturated rings. The quantitative estimate of drug-likeness (QED) is 0.510. The Morgan fingerprint density at radius 1 is 1.07 bits per heavy atom. The van der Waals surface area contributed by atoms with E-state index in [0.29, 0.717) is 30.0 Å². The summed E-state index contributed by atoms with van der Waals surface area (Å²) in [5.41, 5.74) is 3.64. The summed E-state index contributed by atoms with van der Waals surface area (Å²) in [4.78, 5) is 40.0. The van der Waals surface area contributed by atoms with E-state index in [9.17, 15) is 14.4 Å². The van der Waals surface area contributed by atoms with Crippen LogP contribution in [-0.2, 0) is 20.8 Å². The number of rotatable bonds is 9. The van der Waals surface area contributed by atoms with Crippen LogP contribution in [0.4, 0.5) is 0 Å². The Labute approximate surface area is 170 Å². The molecule has 0 atom stereocenters. The Morgan fingerprint density at radius 2 is 1.76 bits per heavy atom. The van der Waals surface area contributed by atoms with E-state index in [0.717, 1.165) is 11.4 Å². The molecule has 158 valence electrons. The summed E-state index contributed by atoms with van der Waals surface area (Å²) in [6.45, 7) is 9.79. The van der Waals surface area contributed by atoms with E-state index in [1.165, 1.54) is 0 Å². The number of ketones is 1. The topological polar surface area (TPSA) is 99.6 Å². The van der Waals surface area contributed by atoms with Crippen LogP contribution in [0.3, 0.4) is 0 Å². The molecule has 2 rings (SSSR count). The molecule has 0 radical (unpaired) electrons. The third-order valence-electron chi connectivity index (χ3n) is 4.85. The van der Waals surface area contributed by atoms with E-state index < -0.39 is 11.9 Å². The zero-order valence-electron chi connectivity index (χ0n) is 17.8. The number of aromatic amines is 1. The van der Waals surface area contributed by atoms with Crippen LogP contribution in [0.5, 0.6) is 0 Å². The predicted molar refractivity (Wildman–Crippen MR) is 107 cm³/mol. The lowest BCUT2D eigenvalue weighted by atomic mass is 10.1. The third kappa shape index (κ3) is 4.76. The molecule has 2 aromatic heterocycles. The summed E-state index contributed by atoms with van der Waals surface area (Å²) in [6, 6.07) is 1.78. The number of methoxy groups -OCH3 is 1. The first-order valence-electron chi connectivity index (χ1n) is 9.45. The number of aryl methyl sites for hydroxylation is 2. The number of ether oxygens (including phenoxy) is 3. The van der Waals surface area contributed by atoms with Gasteiger partial charge in [0, 0.05) is 36.3 Å². The summed E-state index contributed by atoms with van der Waals surface area (Å²) in [6.07, 6.45) is 0. The molecule has 0 aromatic carbocycles. The first-order chi connectivity index (χ1) is 13.7. The van der Waals surface area contributed by atoms with E-state index in [1.54, 1.807) is 33.9 Å². The van der Waals surface area contributed by atoms with Crippen molar-refractivity contribution in [3.63, 3.8) is 0 Å². The number of esters is 2. The fourth-order valence-corrected chi connectivity index (χ4v) is 3.35. The normalized spacial score (nSPS) is 10.8. The Balaban J connectivity index is 2.12. The lowest BCUT2D eigenvalue weighted by Gasteiger charge is -2.09. The first-order valence-corrected chi connectivity index (χ1v) is 9.45. The molecule has 0 aliphatic heterocycles. The minimum Gasteiger partial charge on any atom is -0.461 e. The SMILES string of the molecule is CCOC(=O)c1[nH]c(C)c(C(=O)OCC(=O)c2cc(C)n(CCOC)c2C)c1C. The molecule has 0 spiro atoms. The molecule has 2 heterocycles. The van der Waals surface area contributed by atoms with Crippen LogP contribution in [0, 0.1) is 27.7 Å². The van der Waals surface area contributed by atoms with Crippen molar-refractivity contribution >= 4 is 17.7 Å². The molecule has 2 aromatic rings. The van der Waals surface area contributed by atoms with E-state index in [1.807, 2.05) is 18.4 Å². The summed E-state index contributed by atoms with van der Waals surface area (Å²) >= 11 is 0. The van der Waals surface area contributed by atoms with E-state index >= 15 is 0 Å². The Kier molecular flexibility index (Phi) is 7.39. The molecule has 29 heavy (non-hydrogen) atoms. The molecular formula is C21H28N2O6. The number of nitrogens with one attached hydrogen (secondary N) is 1. The van der Waals surface area contributed by atoms with Gasteiger partial charge in [-0.3, -0.25) is 4.79 Å². The van der Waals surface area contributed by atoms with Gasteiger partial charge in [0.25, 0.3) is 0 Å². The van der Waals surface area contributed by atoms with Crippen molar-refractivity contribution in [1.29, 1.82) is 0 Å². The largest absolute Gasteiger partial charge is 0.461 e. The summed E-state index contributed by atoms with van der Waals surface area (Å²) in [7, 11) is 1.62. The van der Waals surface area contributed by atoms with Crippen LogP contribution in [0.2, 0.25) is 0 Å². The number of carbonyl (C=O) groups is 3. The van der Waals surface area contributed by atoms with Gasteiger partial charge in [0.2, 0.25) is 5.78 Å². The number of aromatic nitrogens is 2. The van der Waals surface area contributed by atoms with Crippen molar-refractivity contribution in [1.82, 2.24) is 9.55 Å². The van der Waals surface area contributed by atoms with Gasteiger partial charge in [0.15, 0.2) is 6.61 Å². The maximum Gasteiger partial charge on any atom is 0.355 e. The van der Waals surface area contributed by atoms with Gasteiger partial charge >= 0.3 is 11.9 Å². The van der Waals surface area contributed by atoms with Crippen LogP contribution in [0.1, 0.15) is 60.8 Å². The zero-order chi connectivity index (χ0) is 21.7. The van der Waals surface area contributed by atoms with Gasteiger partial charge in [-0.25, -0.2) is 9.59 Å². The van der Waals surface area contributed by atoms with Gasteiger partial charge in [0.1, 0.15) is 5.69 Å². The van der Waals surface area contributed by atoms with Crippen molar-refractivity contribution in [3.8, 4) is 0 Å². The maximum absolute atomic E-state index is 12.6. The Bertz CT molecular complexity index is 922. The van der Waals surface area contributed by atoms with Gasteiger partial charge < -0.3 is 23.8 Å². The second kappa shape index (κ2) is 9.56. The van der Waals surface area contributed by atoms with Crippen LogP contribution in [0.15, 0.2) is 6.07 Å². The summed E-state index contributed by atoms with van der Waals surface area (Å²) in [5.74, 6) is -1.48. The molecule has 8 heteroatoms. The smallest absolute Gasteiger partial charge is 0.355 e. The van der Waals surface area contributed by atoms with Crippen molar-refractivity contribution in [2.24, 2.45) is 0 Å². The number of carbonyl (C=O) groups excluding carboxylic acids is 3. The molecule has 8 nitrogen and oxygen atoms in total. The summed E-state index contributed by atoms with van der Waals surface area (Å²) < 4.78 is 17.3. The number of Topliss-reactive ketones (excluding diaryl/α,β-unsaturated/α-hetero) is 1. The second-order valence-electron chi connectivity index (χ2n) is 6.77. The summed E-state index contributed by atoms with van der Waals surface area (Å²) in [5, 5.41) is 0. The Hall–Kier alpha value is -2.87. The highest BCUT2D eigenvalue weighted by molar-refractivity contribution is 6.02. The molecule has 0 saturated heterocycles. The molecule has 0 unspecified atom stereocenters. The van der Waals surface area contributed by atoms with Gasteiger partial charge in [-0.05, 0) is 46.2 Å². The highest BCUT2D eigenvalue weighted by atomic mass is 16.5. The monoisotopic (exact) mass is 404 g/mol. The van der Waals surface area contributed by atoms with Crippen LogP contribution in [-0.4, -0.2) is 54.2 Å². The predicted octanol–water partition coefficient (Wildman–Crippen LogP) is 2.91. The maximum atomic E-state index is 12.6. The first kappa shape index (κ1) is 22.4. The van der Waals surface area contributed by atoms with Crippen molar-refractivity contribution in [2.75, 3.05) is 26.9 Å². The number of hydrogen-bond donors (Lipinski definition) is 1. The average molecular weight is 404 g/mol. The van der Waals surface area contributed by atoms with Gasteiger partial charge in [-0.1, -0.05) is 0 Å². The van der Waals surface area contributed by atoms with Crippen LogP contribution < -0.4 is 0 Å². The van der Waals surface area contributed by atoms with E-state index in [-0.39, 0.29) is 30.3 Å². The third-order valence-corrected chi connectivity index (χ3v) is 4.85. The van der Waals surface area contributed by atoms with E-state index in [4.69, 9.17) is 14.2 Å². The number of H-pyrrole nitrogens is 1. The molecular weight excluding hydrogens is 376 g/mol. The number of nitrogens with zero attached hydrogens (tertiary/aromatic N) is 1. The minimum absolute atomic E-state index is 0.212. The number of hydrogen-bond acceptors (Lipinski definition) is 6. The minimum atomic E-state index is -0.659. The fourth-order valence-electron chi connectivity index (χ4n) is 3.35. The lowest BCUT2D eigenvalue weighted by molar-refractivity contribution is 0.0473. The fraction of sp³-hybridized carbons (Fsp3) is 0.476. The highest BCUT2D eigenvalue weighted by Gasteiger charge is 2.25. The van der Waals surface area contributed by atoms with Crippen LogP contribution >= 0.6 is 0 Å². The van der Waals surface area contributed by atoms with Gasteiger partial charge in [0.05, 0.1) is 18.8 Å². The van der Waals surface area contributed by atoms with Crippen molar-refractivity contribution in [2.45, 2.75) is 41.2 Å². The second-order valence-corrected chi connectivity index (χ2v) is 6.77. The average Bonchev–Trinajstić information content (AvgIpc) is 3.13. The molecule has 0 aliphatic rings. The van der Waals surface area contributed by atoms with E-state index in [2.05, 4.69) is 4.98 Å². The Morgan fingerprint density at radius 3 is 2.38 bits per heavy atom. The lowest BCUT2D eigenvalue weighted by Crippen LogP contribution is -2.16. The molecule has 1 N–H and O–H groups in total. The highest BCUT2D eigenvalue weighted by Crippen LogP contribution is 2.21. The molecule has 0 saturated carbocycles. The van der Waals surface area contributed by atoms with Crippen LogP contribution in [0.25, 0.3) is 0 Å². The molecule has 0 aliphatic carbocycles. The van der Waals surface area contributed by atoms with Crippen molar-refractivity contribution < 1.29 is 28.6 Å². The van der Waals surface area contributed by atoms with Gasteiger partial charge in [-0.2, -0.15) is 0 Å².